The second-order valence-corrected chi connectivity index (χ2v) is 7.86. The second kappa shape index (κ2) is 8.49. The molecule has 0 fully saturated rings. The van der Waals surface area contributed by atoms with Crippen molar-refractivity contribution in [2.75, 3.05) is 5.32 Å². The van der Waals surface area contributed by atoms with Gasteiger partial charge in [-0.3, -0.25) is 9.59 Å². The number of aryl methyl sites for hydroxylation is 1. The summed E-state index contributed by atoms with van der Waals surface area (Å²) >= 11 is 1.32. The Hall–Kier alpha value is -2.15. The van der Waals surface area contributed by atoms with Crippen LogP contribution in [0.2, 0.25) is 0 Å². The molecule has 0 saturated carbocycles. The molecular weight excluding hydrogens is 354 g/mol. The Bertz CT molecular complexity index is 735. The van der Waals surface area contributed by atoms with Gasteiger partial charge in [0.05, 0.1) is 23.5 Å². The highest BCUT2D eigenvalue weighted by Gasteiger charge is 2.35. The molecule has 0 saturated heterocycles. The number of carbonyl (C=O) groups is 3. The lowest BCUT2D eigenvalue weighted by Crippen LogP contribution is -2.34. The molecule has 0 aromatic carbocycles. The molecular formula is C19H25NO5S. The molecule has 1 aliphatic carbocycles. The topological polar surface area (TPSA) is 92.7 Å². The minimum atomic E-state index is -0.981. The fourth-order valence-corrected chi connectivity index (χ4v) is 4.30. The molecule has 1 aliphatic rings. The van der Waals surface area contributed by atoms with Gasteiger partial charge in [-0.1, -0.05) is 19.1 Å². The number of carboxylic acid groups (broad SMARTS) is 1. The molecule has 2 N–H and O–H groups in total. The highest BCUT2D eigenvalue weighted by molar-refractivity contribution is 7.16. The van der Waals surface area contributed by atoms with Gasteiger partial charge in [0.25, 0.3) is 0 Å². The Morgan fingerprint density at radius 1 is 1.27 bits per heavy atom. The van der Waals surface area contributed by atoms with Gasteiger partial charge in [-0.05, 0) is 45.6 Å². The molecule has 0 aliphatic heterocycles. The van der Waals surface area contributed by atoms with Crippen molar-refractivity contribution in [3.8, 4) is 0 Å². The molecule has 0 spiro atoms. The number of anilines is 1. The lowest BCUT2D eigenvalue weighted by molar-refractivity contribution is -0.146. The van der Waals surface area contributed by atoms with E-state index in [4.69, 9.17) is 4.74 Å². The van der Waals surface area contributed by atoms with Crippen LogP contribution in [-0.2, 0) is 20.7 Å². The summed E-state index contributed by atoms with van der Waals surface area (Å²) in [4.78, 5) is 37.6. The van der Waals surface area contributed by atoms with E-state index in [9.17, 15) is 19.5 Å². The van der Waals surface area contributed by atoms with Crippen molar-refractivity contribution in [2.45, 2.75) is 53.1 Å². The first kappa shape index (κ1) is 20.2. The first-order valence-electron chi connectivity index (χ1n) is 8.78. The molecule has 7 heteroatoms. The van der Waals surface area contributed by atoms with Gasteiger partial charge in [-0.2, -0.15) is 0 Å². The molecule has 2 rings (SSSR count). The lowest BCUT2D eigenvalue weighted by atomic mass is 9.82. The number of esters is 1. The minimum Gasteiger partial charge on any atom is -0.481 e. The predicted octanol–water partition coefficient (Wildman–Crippen LogP) is 3.79. The van der Waals surface area contributed by atoms with E-state index >= 15 is 0 Å². The van der Waals surface area contributed by atoms with E-state index < -0.39 is 23.8 Å². The zero-order valence-electron chi connectivity index (χ0n) is 15.5. The average Bonchev–Trinajstić information content (AvgIpc) is 2.89. The summed E-state index contributed by atoms with van der Waals surface area (Å²) in [5, 5.41) is 12.6. The number of hydrogen-bond donors (Lipinski definition) is 2. The van der Waals surface area contributed by atoms with E-state index in [1.165, 1.54) is 11.3 Å². The summed E-state index contributed by atoms with van der Waals surface area (Å²) < 4.78 is 5.33. The molecule has 1 aromatic heterocycles. The number of rotatable bonds is 6. The summed E-state index contributed by atoms with van der Waals surface area (Å²) in [6.45, 7) is 7.38. The van der Waals surface area contributed by atoms with Crippen LogP contribution in [0.4, 0.5) is 5.00 Å². The van der Waals surface area contributed by atoms with Gasteiger partial charge in [-0.25, -0.2) is 4.79 Å². The van der Waals surface area contributed by atoms with Crippen molar-refractivity contribution in [3.05, 3.63) is 28.2 Å². The molecule has 0 bridgehead atoms. The number of hydrogen-bond acceptors (Lipinski definition) is 5. The van der Waals surface area contributed by atoms with Crippen LogP contribution in [0.15, 0.2) is 12.2 Å². The summed E-state index contributed by atoms with van der Waals surface area (Å²) in [5.41, 5.74) is 1.24. The van der Waals surface area contributed by atoms with Gasteiger partial charge in [0.15, 0.2) is 0 Å². The van der Waals surface area contributed by atoms with E-state index in [2.05, 4.69) is 5.32 Å². The van der Waals surface area contributed by atoms with Crippen LogP contribution < -0.4 is 5.32 Å². The normalized spacial score (nSPS) is 19.4. The zero-order valence-corrected chi connectivity index (χ0v) is 16.3. The Balaban J connectivity index is 2.31. The molecule has 2 atom stereocenters. The monoisotopic (exact) mass is 379 g/mol. The summed E-state index contributed by atoms with van der Waals surface area (Å²) in [7, 11) is 0. The number of carbonyl (C=O) groups excluding carboxylic acids is 2. The largest absolute Gasteiger partial charge is 0.481 e. The van der Waals surface area contributed by atoms with Crippen molar-refractivity contribution in [1.29, 1.82) is 0 Å². The second-order valence-electron chi connectivity index (χ2n) is 6.63. The van der Waals surface area contributed by atoms with Gasteiger partial charge in [0.1, 0.15) is 5.00 Å². The molecule has 1 heterocycles. The van der Waals surface area contributed by atoms with Crippen molar-refractivity contribution in [2.24, 2.45) is 11.8 Å². The number of ether oxygens (including phenoxy) is 1. The third kappa shape index (κ3) is 4.33. The van der Waals surface area contributed by atoms with Crippen LogP contribution in [0.5, 0.6) is 0 Å². The summed E-state index contributed by atoms with van der Waals surface area (Å²) in [6, 6.07) is 0. The quantitative estimate of drug-likeness (QED) is 0.579. The van der Waals surface area contributed by atoms with Crippen LogP contribution in [0.3, 0.4) is 0 Å². The Morgan fingerprint density at radius 3 is 2.42 bits per heavy atom. The predicted molar refractivity (Wildman–Crippen MR) is 101 cm³/mol. The number of aliphatic carboxylic acids is 1. The van der Waals surface area contributed by atoms with E-state index in [0.29, 0.717) is 29.8 Å². The highest BCUT2D eigenvalue weighted by atomic mass is 32.1. The average molecular weight is 379 g/mol. The van der Waals surface area contributed by atoms with E-state index in [-0.39, 0.29) is 12.0 Å². The van der Waals surface area contributed by atoms with Crippen LogP contribution in [-0.4, -0.2) is 29.1 Å². The Labute approximate surface area is 157 Å². The van der Waals surface area contributed by atoms with Crippen LogP contribution in [0, 0.1) is 18.8 Å². The zero-order chi connectivity index (χ0) is 19.4. The van der Waals surface area contributed by atoms with E-state index in [0.717, 1.165) is 10.4 Å². The third-order valence-corrected chi connectivity index (χ3v) is 5.50. The molecule has 0 radical (unpaired) electrons. The number of thiophene rings is 1. The SMILES string of the molecule is CCc1c(C)sc(NC(=O)[C@@H]2CC=CC[C@@H]2C(=O)O)c1C(=O)OC(C)C. The van der Waals surface area contributed by atoms with Gasteiger partial charge in [-0.15, -0.1) is 11.3 Å². The molecule has 0 unspecified atom stereocenters. The number of allylic oxidation sites excluding steroid dienone is 2. The van der Waals surface area contributed by atoms with Gasteiger partial charge in [0.2, 0.25) is 5.91 Å². The summed E-state index contributed by atoms with van der Waals surface area (Å²) in [5.74, 6) is -3.22. The maximum absolute atomic E-state index is 12.7. The standard InChI is InChI=1S/C19H25NO5S/c1-5-12-11(4)26-17(15(12)19(24)25-10(2)3)20-16(21)13-8-6-7-9-14(13)18(22)23/h6-7,10,13-14H,5,8-9H2,1-4H3,(H,20,21)(H,22,23)/t13-,14+/m1/s1. The minimum absolute atomic E-state index is 0.268. The van der Waals surface area contributed by atoms with Crippen molar-refractivity contribution in [3.63, 3.8) is 0 Å². The fraction of sp³-hybridized carbons (Fsp3) is 0.526. The van der Waals surface area contributed by atoms with Gasteiger partial charge in [0, 0.05) is 4.88 Å². The van der Waals surface area contributed by atoms with Gasteiger partial charge < -0.3 is 15.2 Å². The molecule has 26 heavy (non-hydrogen) atoms. The molecule has 1 amide bonds. The van der Waals surface area contributed by atoms with E-state index in [1.54, 1.807) is 19.9 Å². The van der Waals surface area contributed by atoms with Crippen LogP contribution in [0.1, 0.15) is 54.4 Å². The maximum atomic E-state index is 12.7. The number of nitrogens with one attached hydrogen (secondary N) is 1. The van der Waals surface area contributed by atoms with Crippen molar-refractivity contribution < 1.29 is 24.2 Å². The number of amides is 1. The maximum Gasteiger partial charge on any atom is 0.341 e. The van der Waals surface area contributed by atoms with Crippen molar-refractivity contribution in [1.82, 2.24) is 0 Å². The highest BCUT2D eigenvalue weighted by Crippen LogP contribution is 2.36. The molecule has 1 aromatic rings. The smallest absolute Gasteiger partial charge is 0.341 e. The van der Waals surface area contributed by atoms with E-state index in [1.807, 2.05) is 19.9 Å². The number of carboxylic acids is 1. The Kier molecular flexibility index (Phi) is 6.58. The fourth-order valence-electron chi connectivity index (χ4n) is 3.16. The van der Waals surface area contributed by atoms with Crippen molar-refractivity contribution >= 4 is 34.2 Å². The molecule has 142 valence electrons. The molecule has 6 nitrogen and oxygen atoms in total. The first-order valence-corrected chi connectivity index (χ1v) is 9.59. The first-order chi connectivity index (χ1) is 12.3. The van der Waals surface area contributed by atoms with Gasteiger partial charge >= 0.3 is 11.9 Å². The van der Waals surface area contributed by atoms with Crippen LogP contribution in [0.25, 0.3) is 0 Å². The summed E-state index contributed by atoms with van der Waals surface area (Å²) in [6.07, 6.45) is 4.70. The van der Waals surface area contributed by atoms with Crippen LogP contribution >= 0.6 is 11.3 Å². The third-order valence-electron chi connectivity index (χ3n) is 4.43. The lowest BCUT2D eigenvalue weighted by Gasteiger charge is -2.24. The Morgan fingerprint density at radius 2 is 1.88 bits per heavy atom.